The Kier molecular flexibility index (Phi) is 6.44. The molecule has 4 rings (SSSR count). The van der Waals surface area contributed by atoms with Crippen LogP contribution in [0.3, 0.4) is 0 Å². The van der Waals surface area contributed by atoms with E-state index in [1.807, 2.05) is 35.8 Å². The van der Waals surface area contributed by atoms with Gasteiger partial charge in [0.15, 0.2) is 0 Å². The standard InChI is InChI=1S/C24H35N3O3/c1-3-8-16-11-12-20-21-18(14-27(20)24(16)30)19(15-28)22(26(21)13-4-2)23(29)25-17-9-6-5-7-10-17/h3,8,11-12,17-19,21-22,28H,4-7,9-10,13-15H2,1-2H3,(H,25,29)/b8-3-/t18-,19-,21+,22-/m0/s1. The number of hydrogen-bond donors (Lipinski definition) is 2. The number of amides is 1. The molecule has 1 aromatic rings. The lowest BCUT2D eigenvalue weighted by Crippen LogP contribution is -2.51. The summed E-state index contributed by atoms with van der Waals surface area (Å²) in [5.74, 6) is -0.0185. The van der Waals surface area contributed by atoms with Crippen LogP contribution in [-0.2, 0) is 11.3 Å². The highest BCUT2D eigenvalue weighted by atomic mass is 16.3. The summed E-state index contributed by atoms with van der Waals surface area (Å²) in [4.78, 5) is 28.6. The van der Waals surface area contributed by atoms with E-state index in [9.17, 15) is 14.7 Å². The van der Waals surface area contributed by atoms with Crippen LogP contribution in [0, 0.1) is 11.8 Å². The summed E-state index contributed by atoms with van der Waals surface area (Å²) < 4.78 is 1.87. The Morgan fingerprint density at radius 1 is 1.27 bits per heavy atom. The van der Waals surface area contributed by atoms with E-state index in [4.69, 9.17) is 0 Å². The fourth-order valence-electron chi connectivity index (χ4n) is 5.98. The molecule has 1 aromatic heterocycles. The first-order chi connectivity index (χ1) is 14.6. The third kappa shape index (κ3) is 3.65. The van der Waals surface area contributed by atoms with Crippen LogP contribution in [0.25, 0.3) is 6.08 Å². The highest BCUT2D eigenvalue weighted by Crippen LogP contribution is 2.49. The minimum absolute atomic E-state index is 0.0107. The molecular weight excluding hydrogens is 378 g/mol. The fraction of sp³-hybridized carbons (Fsp3) is 0.667. The molecule has 2 fully saturated rings. The van der Waals surface area contributed by atoms with Crippen LogP contribution in [0.2, 0.25) is 0 Å². The van der Waals surface area contributed by atoms with Crippen molar-refractivity contribution in [2.45, 2.75) is 77.0 Å². The summed E-state index contributed by atoms with van der Waals surface area (Å²) in [5.41, 5.74) is 1.70. The number of likely N-dealkylation sites (tertiary alicyclic amines) is 1. The topological polar surface area (TPSA) is 74.6 Å². The molecular formula is C24H35N3O3. The number of fused-ring (bicyclic) bond motifs is 3. The summed E-state index contributed by atoms with van der Waals surface area (Å²) in [7, 11) is 0. The van der Waals surface area contributed by atoms with Crippen LogP contribution in [-0.4, -0.2) is 45.7 Å². The van der Waals surface area contributed by atoms with E-state index in [0.717, 1.165) is 31.5 Å². The highest BCUT2D eigenvalue weighted by molar-refractivity contribution is 5.83. The van der Waals surface area contributed by atoms with Gasteiger partial charge in [-0.2, -0.15) is 0 Å². The van der Waals surface area contributed by atoms with Crippen LogP contribution in [0.1, 0.15) is 69.7 Å². The second-order valence-electron chi connectivity index (χ2n) is 9.11. The molecule has 6 nitrogen and oxygen atoms in total. The number of allylic oxidation sites excluding steroid dienone is 1. The molecule has 0 aromatic carbocycles. The number of carbonyl (C=O) groups excluding carboxylic acids is 1. The van der Waals surface area contributed by atoms with Gasteiger partial charge in [-0.05, 0) is 44.9 Å². The van der Waals surface area contributed by atoms with E-state index in [1.165, 1.54) is 19.3 Å². The molecule has 0 radical (unpaired) electrons. The van der Waals surface area contributed by atoms with Crippen LogP contribution >= 0.6 is 0 Å². The largest absolute Gasteiger partial charge is 0.396 e. The SMILES string of the molecule is C/C=C\c1ccc2n(c1=O)C[C@H]1[C@H](CO)[C@@H](C(=O)NC3CCCCC3)N(CCC)[C@@H]21. The first-order valence-corrected chi connectivity index (χ1v) is 11.6. The van der Waals surface area contributed by atoms with Gasteiger partial charge in [-0.15, -0.1) is 0 Å². The summed E-state index contributed by atoms with van der Waals surface area (Å²) >= 11 is 0. The van der Waals surface area contributed by atoms with Crippen molar-refractivity contribution in [1.29, 1.82) is 0 Å². The van der Waals surface area contributed by atoms with E-state index in [0.29, 0.717) is 12.1 Å². The molecule has 3 aliphatic rings. The minimum Gasteiger partial charge on any atom is -0.396 e. The van der Waals surface area contributed by atoms with Gasteiger partial charge in [0, 0.05) is 42.3 Å². The number of hydrogen-bond acceptors (Lipinski definition) is 4. The minimum atomic E-state index is -0.328. The Hall–Kier alpha value is -1.92. The third-order valence-electron chi connectivity index (χ3n) is 7.27. The summed E-state index contributed by atoms with van der Waals surface area (Å²) in [6.07, 6.45) is 10.4. The number of rotatable bonds is 6. The van der Waals surface area contributed by atoms with E-state index in [1.54, 1.807) is 0 Å². The van der Waals surface area contributed by atoms with Crippen molar-refractivity contribution in [3.05, 3.63) is 39.8 Å². The average Bonchev–Trinajstić information content (AvgIpc) is 3.27. The van der Waals surface area contributed by atoms with Crippen molar-refractivity contribution in [2.75, 3.05) is 13.2 Å². The third-order valence-corrected chi connectivity index (χ3v) is 7.27. The predicted octanol–water partition coefficient (Wildman–Crippen LogP) is 2.70. The number of carbonyl (C=O) groups is 1. The maximum absolute atomic E-state index is 13.4. The molecule has 164 valence electrons. The maximum atomic E-state index is 13.4. The normalized spacial score (nSPS) is 29.3. The summed E-state index contributed by atoms with van der Waals surface area (Å²) in [6.45, 7) is 5.35. The first kappa shape index (κ1) is 21.3. The predicted molar refractivity (Wildman–Crippen MR) is 118 cm³/mol. The van der Waals surface area contributed by atoms with Crippen LogP contribution in [0.4, 0.5) is 0 Å². The molecule has 1 saturated heterocycles. The van der Waals surface area contributed by atoms with Crippen molar-refractivity contribution in [3.63, 3.8) is 0 Å². The van der Waals surface area contributed by atoms with Gasteiger partial charge < -0.3 is 15.0 Å². The monoisotopic (exact) mass is 413 g/mol. The van der Waals surface area contributed by atoms with Gasteiger partial charge in [-0.1, -0.05) is 38.3 Å². The lowest BCUT2D eigenvalue weighted by atomic mass is 9.87. The average molecular weight is 414 g/mol. The van der Waals surface area contributed by atoms with Gasteiger partial charge in [0.05, 0.1) is 12.1 Å². The molecule has 30 heavy (non-hydrogen) atoms. The van der Waals surface area contributed by atoms with Crippen LogP contribution in [0.5, 0.6) is 0 Å². The zero-order valence-electron chi connectivity index (χ0n) is 18.2. The summed E-state index contributed by atoms with van der Waals surface area (Å²) in [5, 5.41) is 13.6. The van der Waals surface area contributed by atoms with Crippen molar-refractivity contribution in [1.82, 2.24) is 14.8 Å². The molecule has 1 amide bonds. The number of nitrogens with one attached hydrogen (secondary N) is 1. The molecule has 0 spiro atoms. The lowest BCUT2D eigenvalue weighted by Gasteiger charge is -2.32. The molecule has 2 aliphatic heterocycles. The van der Waals surface area contributed by atoms with E-state index in [-0.39, 0.29) is 48.0 Å². The van der Waals surface area contributed by atoms with E-state index < -0.39 is 0 Å². The number of pyridine rings is 1. The molecule has 3 heterocycles. The maximum Gasteiger partial charge on any atom is 0.258 e. The van der Waals surface area contributed by atoms with Gasteiger partial charge in [-0.3, -0.25) is 14.5 Å². The Morgan fingerprint density at radius 2 is 2.03 bits per heavy atom. The molecule has 1 aliphatic carbocycles. The molecule has 1 saturated carbocycles. The van der Waals surface area contributed by atoms with Gasteiger partial charge in [0.2, 0.25) is 5.91 Å². The molecule has 0 unspecified atom stereocenters. The van der Waals surface area contributed by atoms with Gasteiger partial charge in [0.1, 0.15) is 0 Å². The number of aliphatic hydroxyl groups excluding tert-OH is 1. The number of aliphatic hydroxyl groups is 1. The van der Waals surface area contributed by atoms with Gasteiger partial charge >= 0.3 is 0 Å². The number of aromatic nitrogens is 1. The quantitative estimate of drug-likeness (QED) is 0.752. The second kappa shape index (κ2) is 9.06. The Morgan fingerprint density at radius 3 is 2.70 bits per heavy atom. The van der Waals surface area contributed by atoms with Crippen molar-refractivity contribution in [3.8, 4) is 0 Å². The van der Waals surface area contributed by atoms with E-state index in [2.05, 4.69) is 17.1 Å². The summed E-state index contributed by atoms with van der Waals surface area (Å²) in [6, 6.07) is 3.87. The lowest BCUT2D eigenvalue weighted by molar-refractivity contribution is -0.128. The highest BCUT2D eigenvalue weighted by Gasteiger charge is 2.55. The Bertz CT molecular complexity index is 856. The second-order valence-corrected chi connectivity index (χ2v) is 9.11. The van der Waals surface area contributed by atoms with Crippen molar-refractivity contribution >= 4 is 12.0 Å². The fourth-order valence-corrected chi connectivity index (χ4v) is 5.98. The van der Waals surface area contributed by atoms with Crippen molar-refractivity contribution in [2.24, 2.45) is 11.8 Å². The van der Waals surface area contributed by atoms with Crippen LogP contribution < -0.4 is 10.9 Å². The smallest absolute Gasteiger partial charge is 0.258 e. The zero-order valence-corrected chi connectivity index (χ0v) is 18.2. The van der Waals surface area contributed by atoms with Gasteiger partial charge in [0.25, 0.3) is 5.56 Å². The zero-order chi connectivity index (χ0) is 21.3. The molecule has 2 N–H and O–H groups in total. The molecule has 0 bridgehead atoms. The van der Waals surface area contributed by atoms with Crippen LogP contribution in [0.15, 0.2) is 23.0 Å². The number of nitrogens with zero attached hydrogens (tertiary/aromatic N) is 2. The molecule has 6 heteroatoms. The van der Waals surface area contributed by atoms with Gasteiger partial charge in [-0.25, -0.2) is 0 Å². The Balaban J connectivity index is 1.65. The van der Waals surface area contributed by atoms with E-state index >= 15 is 0 Å². The first-order valence-electron chi connectivity index (χ1n) is 11.6. The molecule has 4 atom stereocenters. The Labute approximate surface area is 179 Å². The van der Waals surface area contributed by atoms with Crippen molar-refractivity contribution < 1.29 is 9.90 Å².